The predicted octanol–water partition coefficient (Wildman–Crippen LogP) is 5.01. The van der Waals surface area contributed by atoms with Gasteiger partial charge in [0.15, 0.2) is 0 Å². The smallest absolute Gasteiger partial charge is 0.124 e. The Labute approximate surface area is 148 Å². The molecule has 0 saturated heterocycles. The van der Waals surface area contributed by atoms with Crippen molar-refractivity contribution in [2.75, 3.05) is 0 Å². The third-order valence-electron chi connectivity index (χ3n) is 4.32. The third-order valence-corrected chi connectivity index (χ3v) is 5.40. The molecule has 0 N–H and O–H groups in total. The van der Waals surface area contributed by atoms with Crippen LogP contribution < -0.4 is 0 Å². The third kappa shape index (κ3) is 2.32. The number of hydrogen-bond acceptors (Lipinski definition) is 4. The minimum atomic E-state index is 0.900. The van der Waals surface area contributed by atoms with E-state index in [1.165, 1.54) is 4.70 Å². The van der Waals surface area contributed by atoms with E-state index in [1.807, 2.05) is 35.0 Å². The summed E-state index contributed by atoms with van der Waals surface area (Å²) in [4.78, 5) is 4.75. The van der Waals surface area contributed by atoms with Gasteiger partial charge in [-0.2, -0.15) is 0 Å². The van der Waals surface area contributed by atoms with Crippen molar-refractivity contribution in [1.82, 2.24) is 20.0 Å². The maximum absolute atomic E-state index is 4.75. The van der Waals surface area contributed by atoms with Crippen LogP contribution in [0, 0.1) is 6.92 Å². The summed E-state index contributed by atoms with van der Waals surface area (Å²) in [7, 11) is 0. The van der Waals surface area contributed by atoms with Gasteiger partial charge in [-0.25, -0.2) is 9.67 Å². The molecule has 25 heavy (non-hydrogen) atoms. The van der Waals surface area contributed by atoms with Crippen molar-refractivity contribution in [2.24, 2.45) is 0 Å². The highest BCUT2D eigenvalue weighted by Gasteiger charge is 2.11. The quantitative estimate of drug-likeness (QED) is 0.453. The number of para-hydroxylation sites is 2. The van der Waals surface area contributed by atoms with E-state index in [9.17, 15) is 0 Å². The van der Waals surface area contributed by atoms with Gasteiger partial charge in [0.25, 0.3) is 0 Å². The predicted molar refractivity (Wildman–Crippen MR) is 102 cm³/mol. The molecule has 0 unspecified atom stereocenters. The van der Waals surface area contributed by atoms with E-state index in [2.05, 4.69) is 53.6 Å². The molecule has 5 aromatic rings. The molecule has 0 aliphatic heterocycles. The zero-order valence-electron chi connectivity index (χ0n) is 13.5. The zero-order valence-corrected chi connectivity index (χ0v) is 14.4. The van der Waals surface area contributed by atoms with E-state index in [0.717, 1.165) is 38.4 Å². The van der Waals surface area contributed by atoms with Crippen LogP contribution in [-0.4, -0.2) is 20.0 Å². The molecule has 4 nitrogen and oxygen atoms in total. The first-order chi connectivity index (χ1) is 12.3. The molecule has 2 heterocycles. The number of fused-ring (bicyclic) bond motifs is 2. The molecule has 120 valence electrons. The Morgan fingerprint density at radius 2 is 1.68 bits per heavy atom. The summed E-state index contributed by atoms with van der Waals surface area (Å²) in [5, 5.41) is 9.61. The fourth-order valence-corrected chi connectivity index (χ4v) is 4.03. The number of aromatic nitrogens is 4. The monoisotopic (exact) mass is 342 g/mol. The van der Waals surface area contributed by atoms with Crippen LogP contribution in [0.2, 0.25) is 0 Å². The molecule has 0 aliphatic rings. The SMILES string of the molecule is Cc1cc(-c2nc3ccccc3s2)ccc1-n1nnc2ccccc21. The van der Waals surface area contributed by atoms with E-state index in [1.54, 1.807) is 11.3 Å². The highest BCUT2D eigenvalue weighted by molar-refractivity contribution is 7.21. The first kappa shape index (κ1) is 14.3. The Bertz CT molecular complexity index is 1190. The summed E-state index contributed by atoms with van der Waals surface area (Å²) in [5.41, 5.74) is 6.28. The molecule has 0 atom stereocenters. The van der Waals surface area contributed by atoms with Gasteiger partial charge in [-0.3, -0.25) is 0 Å². The molecule has 0 bridgehead atoms. The molecule has 0 radical (unpaired) electrons. The number of benzene rings is 3. The molecular weight excluding hydrogens is 328 g/mol. The van der Waals surface area contributed by atoms with E-state index >= 15 is 0 Å². The maximum atomic E-state index is 4.75. The number of aryl methyl sites for hydroxylation is 1. The lowest BCUT2D eigenvalue weighted by molar-refractivity contribution is 0.819. The molecule has 3 aromatic carbocycles. The number of nitrogens with zero attached hydrogens (tertiary/aromatic N) is 4. The van der Waals surface area contributed by atoms with Gasteiger partial charge in [0.2, 0.25) is 0 Å². The van der Waals surface area contributed by atoms with Crippen molar-refractivity contribution in [3.8, 4) is 16.3 Å². The fourth-order valence-electron chi connectivity index (χ4n) is 3.07. The van der Waals surface area contributed by atoms with Crippen LogP contribution in [0.15, 0.2) is 66.7 Å². The van der Waals surface area contributed by atoms with E-state index in [4.69, 9.17) is 4.98 Å². The molecule has 2 aromatic heterocycles. The largest absolute Gasteiger partial charge is 0.236 e. The molecular formula is C20H14N4S. The highest BCUT2D eigenvalue weighted by Crippen LogP contribution is 2.31. The molecule has 0 fully saturated rings. The molecule has 5 rings (SSSR count). The van der Waals surface area contributed by atoms with Crippen LogP contribution >= 0.6 is 11.3 Å². The van der Waals surface area contributed by atoms with Crippen molar-refractivity contribution in [2.45, 2.75) is 6.92 Å². The van der Waals surface area contributed by atoms with Gasteiger partial charge in [-0.15, -0.1) is 16.4 Å². The lowest BCUT2D eigenvalue weighted by Crippen LogP contribution is -1.99. The summed E-state index contributed by atoms with van der Waals surface area (Å²) in [6.07, 6.45) is 0. The van der Waals surface area contributed by atoms with Crippen LogP contribution in [-0.2, 0) is 0 Å². The van der Waals surface area contributed by atoms with Gasteiger partial charge in [-0.1, -0.05) is 29.5 Å². The highest BCUT2D eigenvalue weighted by atomic mass is 32.1. The van der Waals surface area contributed by atoms with Crippen LogP contribution in [0.1, 0.15) is 5.56 Å². The second-order valence-corrected chi connectivity index (χ2v) is 7.01. The molecule has 0 amide bonds. The van der Waals surface area contributed by atoms with E-state index < -0.39 is 0 Å². The molecule has 0 spiro atoms. The van der Waals surface area contributed by atoms with Crippen molar-refractivity contribution in [1.29, 1.82) is 0 Å². The maximum Gasteiger partial charge on any atom is 0.124 e. The van der Waals surface area contributed by atoms with Crippen molar-refractivity contribution in [3.05, 3.63) is 72.3 Å². The molecule has 0 saturated carbocycles. The first-order valence-corrected chi connectivity index (χ1v) is 8.89. The number of hydrogen-bond donors (Lipinski definition) is 0. The summed E-state index contributed by atoms with van der Waals surface area (Å²) in [5.74, 6) is 0. The standard InChI is InChI=1S/C20H14N4S/c1-13-12-14(20-21-16-7-3-5-9-19(16)25-20)10-11-17(13)24-18-8-4-2-6-15(18)22-23-24/h2-12H,1H3. The van der Waals surface area contributed by atoms with E-state index in [-0.39, 0.29) is 0 Å². The van der Waals surface area contributed by atoms with Crippen LogP contribution in [0.4, 0.5) is 0 Å². The van der Waals surface area contributed by atoms with Gasteiger partial charge >= 0.3 is 0 Å². The summed E-state index contributed by atoms with van der Waals surface area (Å²) in [6, 6.07) is 22.6. The van der Waals surface area contributed by atoms with E-state index in [0.29, 0.717) is 0 Å². The van der Waals surface area contributed by atoms with Crippen LogP contribution in [0.3, 0.4) is 0 Å². The van der Waals surface area contributed by atoms with Gasteiger partial charge in [0, 0.05) is 5.56 Å². The average Bonchev–Trinajstić information content (AvgIpc) is 3.26. The first-order valence-electron chi connectivity index (χ1n) is 8.07. The summed E-state index contributed by atoms with van der Waals surface area (Å²) < 4.78 is 3.11. The Hall–Kier alpha value is -3.05. The number of thiazole rings is 1. The van der Waals surface area contributed by atoms with Crippen molar-refractivity contribution >= 4 is 32.6 Å². The van der Waals surface area contributed by atoms with Crippen LogP contribution in [0.5, 0.6) is 0 Å². The normalized spacial score (nSPS) is 11.4. The second-order valence-electron chi connectivity index (χ2n) is 5.98. The lowest BCUT2D eigenvalue weighted by Gasteiger charge is -2.08. The Kier molecular flexibility index (Phi) is 3.15. The molecule has 0 aliphatic carbocycles. The number of rotatable bonds is 2. The minimum Gasteiger partial charge on any atom is -0.236 e. The Balaban J connectivity index is 1.62. The van der Waals surface area contributed by atoms with Crippen molar-refractivity contribution < 1.29 is 0 Å². The lowest BCUT2D eigenvalue weighted by atomic mass is 10.1. The fraction of sp³-hybridized carbons (Fsp3) is 0.0500. The topological polar surface area (TPSA) is 43.6 Å². The molecule has 5 heteroatoms. The van der Waals surface area contributed by atoms with Gasteiger partial charge in [0.1, 0.15) is 10.5 Å². The average molecular weight is 342 g/mol. The summed E-state index contributed by atoms with van der Waals surface area (Å²) >= 11 is 1.72. The van der Waals surface area contributed by atoms with Gasteiger partial charge in [0.05, 0.1) is 21.4 Å². The van der Waals surface area contributed by atoms with Gasteiger partial charge in [-0.05, 0) is 55.0 Å². The van der Waals surface area contributed by atoms with Gasteiger partial charge < -0.3 is 0 Å². The van der Waals surface area contributed by atoms with Crippen molar-refractivity contribution in [3.63, 3.8) is 0 Å². The minimum absolute atomic E-state index is 0.900. The Morgan fingerprint density at radius 3 is 2.52 bits per heavy atom. The Morgan fingerprint density at radius 1 is 0.880 bits per heavy atom. The van der Waals surface area contributed by atoms with Crippen LogP contribution in [0.25, 0.3) is 37.5 Å². The summed E-state index contributed by atoms with van der Waals surface area (Å²) in [6.45, 7) is 2.10. The zero-order chi connectivity index (χ0) is 16.8. The second kappa shape index (κ2) is 5.50.